The Morgan fingerprint density at radius 3 is 2.56 bits per heavy atom. The Bertz CT molecular complexity index is 845. The van der Waals surface area contributed by atoms with E-state index in [0.29, 0.717) is 31.1 Å². The van der Waals surface area contributed by atoms with Crippen molar-refractivity contribution in [3.05, 3.63) is 46.8 Å². The molecule has 0 spiro atoms. The van der Waals surface area contributed by atoms with Crippen molar-refractivity contribution in [1.29, 1.82) is 0 Å². The van der Waals surface area contributed by atoms with E-state index >= 15 is 0 Å². The Kier molecular flexibility index (Phi) is 5.27. The molecule has 0 bridgehead atoms. The molecular formula is C18H25N3O3S. The highest BCUT2D eigenvalue weighted by Gasteiger charge is 2.28. The van der Waals surface area contributed by atoms with Gasteiger partial charge in [0.05, 0.1) is 10.6 Å². The maximum Gasteiger partial charge on any atom is 0.243 e. The summed E-state index contributed by atoms with van der Waals surface area (Å²) in [6.07, 6.45) is 0.807. The molecule has 0 amide bonds. The number of rotatable bonds is 4. The lowest BCUT2D eigenvalue weighted by Gasteiger charge is -2.22. The molecule has 3 rings (SSSR count). The van der Waals surface area contributed by atoms with Crippen LogP contribution in [0.1, 0.15) is 29.0 Å². The van der Waals surface area contributed by atoms with Gasteiger partial charge < -0.3 is 4.52 Å². The van der Waals surface area contributed by atoms with Gasteiger partial charge in [-0.1, -0.05) is 22.9 Å². The van der Waals surface area contributed by atoms with Crippen LogP contribution in [0.25, 0.3) is 0 Å². The van der Waals surface area contributed by atoms with E-state index < -0.39 is 10.0 Å². The number of nitrogens with zero attached hydrogens (tertiary/aromatic N) is 3. The third kappa shape index (κ3) is 4.11. The van der Waals surface area contributed by atoms with Gasteiger partial charge in [-0.25, -0.2) is 8.42 Å². The number of hydrogen-bond acceptors (Lipinski definition) is 5. The molecule has 0 atom stereocenters. The SMILES string of the molecule is Cc1ccc(S(=O)(=O)N2CCCN(Cc3cc(C)on3)CC2)c(C)c1. The molecule has 2 heterocycles. The minimum atomic E-state index is -3.45. The fourth-order valence-corrected chi connectivity index (χ4v) is 4.97. The van der Waals surface area contributed by atoms with Gasteiger partial charge in [0.25, 0.3) is 0 Å². The zero-order valence-corrected chi connectivity index (χ0v) is 15.8. The predicted molar refractivity (Wildman–Crippen MR) is 95.8 cm³/mol. The predicted octanol–water partition coefficient (Wildman–Crippen LogP) is 2.50. The second-order valence-electron chi connectivity index (χ2n) is 6.73. The van der Waals surface area contributed by atoms with Crippen molar-refractivity contribution < 1.29 is 12.9 Å². The Labute approximate surface area is 149 Å². The van der Waals surface area contributed by atoms with Crippen molar-refractivity contribution in [1.82, 2.24) is 14.4 Å². The molecule has 1 aromatic heterocycles. The first-order chi connectivity index (χ1) is 11.9. The summed E-state index contributed by atoms with van der Waals surface area (Å²) < 4.78 is 32.8. The highest BCUT2D eigenvalue weighted by molar-refractivity contribution is 7.89. The van der Waals surface area contributed by atoms with Crippen LogP contribution in [0.4, 0.5) is 0 Å². The molecule has 1 fully saturated rings. The first-order valence-electron chi connectivity index (χ1n) is 8.58. The highest BCUT2D eigenvalue weighted by atomic mass is 32.2. The van der Waals surface area contributed by atoms with Crippen LogP contribution < -0.4 is 0 Å². The average molecular weight is 363 g/mol. The Morgan fingerprint density at radius 1 is 1.08 bits per heavy atom. The van der Waals surface area contributed by atoms with Crippen molar-refractivity contribution in [3.63, 3.8) is 0 Å². The molecule has 136 valence electrons. The molecular weight excluding hydrogens is 338 g/mol. The lowest BCUT2D eigenvalue weighted by atomic mass is 10.2. The second-order valence-corrected chi connectivity index (χ2v) is 8.64. The fraction of sp³-hybridized carbons (Fsp3) is 0.500. The monoisotopic (exact) mass is 363 g/mol. The summed E-state index contributed by atoms with van der Waals surface area (Å²) in [5, 5.41) is 4.03. The van der Waals surface area contributed by atoms with Crippen LogP contribution in [-0.4, -0.2) is 49.0 Å². The molecule has 0 aliphatic carbocycles. The summed E-state index contributed by atoms with van der Waals surface area (Å²) in [5.41, 5.74) is 2.77. The maximum atomic E-state index is 13.0. The molecule has 6 nitrogen and oxygen atoms in total. The fourth-order valence-electron chi connectivity index (χ4n) is 3.30. The lowest BCUT2D eigenvalue weighted by Crippen LogP contribution is -2.35. The number of benzene rings is 1. The summed E-state index contributed by atoms with van der Waals surface area (Å²) >= 11 is 0. The quantitative estimate of drug-likeness (QED) is 0.835. The normalized spacial score (nSPS) is 17.6. The van der Waals surface area contributed by atoms with E-state index in [1.54, 1.807) is 10.4 Å². The van der Waals surface area contributed by atoms with Gasteiger partial charge in [-0.05, 0) is 45.4 Å². The van der Waals surface area contributed by atoms with Gasteiger partial charge in [0.1, 0.15) is 5.76 Å². The molecule has 1 aliphatic rings. The Balaban J connectivity index is 1.71. The van der Waals surface area contributed by atoms with Crippen molar-refractivity contribution in [2.75, 3.05) is 26.2 Å². The van der Waals surface area contributed by atoms with Crippen molar-refractivity contribution >= 4 is 10.0 Å². The summed E-state index contributed by atoms with van der Waals surface area (Å²) in [6, 6.07) is 7.43. The zero-order chi connectivity index (χ0) is 18.0. The van der Waals surface area contributed by atoms with Crippen LogP contribution in [0.2, 0.25) is 0 Å². The minimum absolute atomic E-state index is 0.415. The highest BCUT2D eigenvalue weighted by Crippen LogP contribution is 2.22. The Hall–Kier alpha value is -1.70. The second kappa shape index (κ2) is 7.27. The van der Waals surface area contributed by atoms with Crippen molar-refractivity contribution in [2.45, 2.75) is 38.6 Å². The van der Waals surface area contributed by atoms with Gasteiger partial charge in [0, 0.05) is 32.2 Å². The van der Waals surface area contributed by atoms with Crippen molar-refractivity contribution in [3.8, 4) is 0 Å². The number of sulfonamides is 1. The largest absolute Gasteiger partial charge is 0.361 e. The van der Waals surface area contributed by atoms with Crippen LogP contribution in [-0.2, 0) is 16.6 Å². The van der Waals surface area contributed by atoms with Gasteiger partial charge in [0.2, 0.25) is 10.0 Å². The number of aromatic nitrogens is 1. The molecule has 1 aromatic carbocycles. The van der Waals surface area contributed by atoms with Crippen LogP contribution in [0.15, 0.2) is 33.7 Å². The lowest BCUT2D eigenvalue weighted by molar-refractivity contribution is 0.268. The Morgan fingerprint density at radius 2 is 1.88 bits per heavy atom. The molecule has 0 N–H and O–H groups in total. The number of hydrogen-bond donors (Lipinski definition) is 0. The van der Waals surface area contributed by atoms with Crippen LogP contribution in [0.5, 0.6) is 0 Å². The molecule has 1 aliphatic heterocycles. The minimum Gasteiger partial charge on any atom is -0.361 e. The van der Waals surface area contributed by atoms with E-state index in [4.69, 9.17) is 4.52 Å². The summed E-state index contributed by atoms with van der Waals surface area (Å²) in [6.45, 7) is 8.97. The molecule has 7 heteroatoms. The van der Waals surface area contributed by atoms with Gasteiger partial charge in [-0.15, -0.1) is 0 Å². The van der Waals surface area contributed by atoms with E-state index in [-0.39, 0.29) is 0 Å². The first kappa shape index (κ1) is 18.1. The third-order valence-electron chi connectivity index (χ3n) is 4.56. The molecule has 0 unspecified atom stereocenters. The van der Waals surface area contributed by atoms with Gasteiger partial charge in [0.15, 0.2) is 0 Å². The standard InChI is InChI=1S/C18H25N3O3S/c1-14-5-6-18(15(2)11-14)25(22,23)21-8-4-7-20(9-10-21)13-17-12-16(3)24-19-17/h5-6,11-12H,4,7-10,13H2,1-3H3. The van der Waals surface area contributed by atoms with Gasteiger partial charge in [-0.3, -0.25) is 4.90 Å². The van der Waals surface area contributed by atoms with Crippen LogP contribution >= 0.6 is 0 Å². The average Bonchev–Trinajstić information content (AvgIpc) is 2.80. The van der Waals surface area contributed by atoms with Gasteiger partial charge >= 0.3 is 0 Å². The third-order valence-corrected chi connectivity index (χ3v) is 6.62. The topological polar surface area (TPSA) is 66.7 Å². The van der Waals surface area contributed by atoms with Crippen LogP contribution in [0, 0.1) is 20.8 Å². The van der Waals surface area contributed by atoms with E-state index in [1.165, 1.54) is 0 Å². The molecule has 25 heavy (non-hydrogen) atoms. The van der Waals surface area contributed by atoms with E-state index in [2.05, 4.69) is 10.1 Å². The smallest absolute Gasteiger partial charge is 0.243 e. The van der Waals surface area contributed by atoms with Gasteiger partial charge in [-0.2, -0.15) is 4.31 Å². The number of aryl methyl sites for hydroxylation is 3. The summed E-state index contributed by atoms with van der Waals surface area (Å²) in [7, 11) is -3.45. The van der Waals surface area contributed by atoms with E-state index in [9.17, 15) is 8.42 Å². The van der Waals surface area contributed by atoms with E-state index in [0.717, 1.165) is 35.5 Å². The van der Waals surface area contributed by atoms with Crippen LogP contribution in [0.3, 0.4) is 0 Å². The summed E-state index contributed by atoms with van der Waals surface area (Å²) in [4.78, 5) is 2.65. The molecule has 0 saturated carbocycles. The first-order valence-corrected chi connectivity index (χ1v) is 10.0. The van der Waals surface area contributed by atoms with Crippen molar-refractivity contribution in [2.24, 2.45) is 0 Å². The molecule has 0 radical (unpaired) electrons. The zero-order valence-electron chi connectivity index (χ0n) is 15.0. The molecule has 2 aromatic rings. The summed E-state index contributed by atoms with van der Waals surface area (Å²) in [5.74, 6) is 0.795. The molecule has 1 saturated heterocycles. The van der Waals surface area contributed by atoms with E-state index in [1.807, 2.05) is 39.0 Å². The maximum absolute atomic E-state index is 13.0.